The van der Waals surface area contributed by atoms with Crippen molar-refractivity contribution in [1.82, 2.24) is 15.2 Å². The second-order valence-corrected chi connectivity index (χ2v) is 7.10. The van der Waals surface area contributed by atoms with Crippen molar-refractivity contribution in [3.8, 4) is 11.8 Å². The second kappa shape index (κ2) is 9.89. The molecular formula is C20H19F2N7O3. The number of nitrogens with one attached hydrogen (secondary N) is 1. The molecule has 32 heavy (non-hydrogen) atoms. The van der Waals surface area contributed by atoms with Gasteiger partial charge < -0.3 is 15.0 Å². The van der Waals surface area contributed by atoms with Crippen molar-refractivity contribution in [2.24, 2.45) is 5.11 Å². The Morgan fingerprint density at radius 1 is 1.44 bits per heavy atom. The first kappa shape index (κ1) is 22.7. The number of carbonyl (C=O) groups is 2. The van der Waals surface area contributed by atoms with Gasteiger partial charge in [0.25, 0.3) is 11.8 Å². The number of ether oxygens (including phenoxy) is 1. The molecule has 0 aliphatic carbocycles. The van der Waals surface area contributed by atoms with E-state index in [0.29, 0.717) is 36.2 Å². The minimum Gasteiger partial charge on any atom is -0.494 e. The third-order valence-corrected chi connectivity index (χ3v) is 4.83. The van der Waals surface area contributed by atoms with Crippen LogP contribution >= 0.6 is 0 Å². The Labute approximate surface area is 181 Å². The van der Waals surface area contributed by atoms with E-state index in [0.717, 1.165) is 4.90 Å². The van der Waals surface area contributed by atoms with Gasteiger partial charge in [-0.05, 0) is 36.2 Å². The van der Waals surface area contributed by atoms with Crippen molar-refractivity contribution >= 4 is 22.7 Å². The van der Waals surface area contributed by atoms with Gasteiger partial charge in [0.15, 0.2) is 0 Å². The highest BCUT2D eigenvalue weighted by atomic mass is 19.3. The van der Waals surface area contributed by atoms with Crippen LogP contribution in [0.25, 0.3) is 21.3 Å². The first-order chi connectivity index (χ1) is 15.3. The van der Waals surface area contributed by atoms with E-state index in [-0.39, 0.29) is 5.56 Å². The van der Waals surface area contributed by atoms with Gasteiger partial charge in [-0.15, -0.1) is 0 Å². The van der Waals surface area contributed by atoms with Gasteiger partial charge in [-0.3, -0.25) is 14.6 Å². The fourth-order valence-electron chi connectivity index (χ4n) is 3.33. The number of benzene rings is 1. The van der Waals surface area contributed by atoms with Crippen LogP contribution in [0, 0.1) is 11.3 Å². The van der Waals surface area contributed by atoms with Crippen molar-refractivity contribution in [3.63, 3.8) is 0 Å². The minimum atomic E-state index is -3.13. The van der Waals surface area contributed by atoms with Crippen LogP contribution in [0.15, 0.2) is 35.6 Å². The van der Waals surface area contributed by atoms with Gasteiger partial charge in [0.2, 0.25) is 5.91 Å². The Morgan fingerprint density at radius 2 is 2.25 bits per heavy atom. The van der Waals surface area contributed by atoms with E-state index in [2.05, 4.69) is 20.3 Å². The van der Waals surface area contributed by atoms with Crippen molar-refractivity contribution in [2.45, 2.75) is 24.8 Å². The quantitative estimate of drug-likeness (QED) is 0.289. The van der Waals surface area contributed by atoms with Crippen LogP contribution in [0.4, 0.5) is 8.78 Å². The molecule has 0 saturated carbocycles. The Bertz CT molecular complexity index is 1110. The van der Waals surface area contributed by atoms with Crippen LogP contribution in [0.1, 0.15) is 23.2 Å². The number of alkyl halides is 2. The molecule has 0 radical (unpaired) electrons. The van der Waals surface area contributed by atoms with Crippen LogP contribution in [0.2, 0.25) is 0 Å². The summed E-state index contributed by atoms with van der Waals surface area (Å²) in [5.41, 5.74) is 9.02. The summed E-state index contributed by atoms with van der Waals surface area (Å²) in [6.07, 6.45) is 1.24. The highest BCUT2D eigenvalue weighted by Crippen LogP contribution is 2.31. The van der Waals surface area contributed by atoms with Crippen molar-refractivity contribution in [1.29, 1.82) is 5.26 Å². The fourth-order valence-corrected chi connectivity index (χ4v) is 3.33. The van der Waals surface area contributed by atoms with Crippen molar-refractivity contribution in [3.05, 3.63) is 46.5 Å². The van der Waals surface area contributed by atoms with E-state index in [9.17, 15) is 18.4 Å². The molecule has 1 N–H and O–H groups in total. The molecule has 1 saturated heterocycles. The first-order valence-electron chi connectivity index (χ1n) is 9.72. The SMILES string of the molecule is N#CC1CC(F)(F)CN1C(=O)CNC(=O)c1ccnc2ccc(OCCCN=[N+]=[N-])cc12. The maximum atomic E-state index is 13.5. The zero-order valence-electron chi connectivity index (χ0n) is 16.9. The molecule has 0 bridgehead atoms. The second-order valence-electron chi connectivity index (χ2n) is 7.10. The van der Waals surface area contributed by atoms with Gasteiger partial charge >= 0.3 is 0 Å². The number of pyridine rings is 1. The topological polar surface area (TPSA) is 144 Å². The molecule has 2 aromatic rings. The third kappa shape index (κ3) is 5.39. The summed E-state index contributed by atoms with van der Waals surface area (Å²) in [4.78, 5) is 32.6. The van der Waals surface area contributed by atoms with E-state index in [1.165, 1.54) is 12.3 Å². The summed E-state index contributed by atoms with van der Waals surface area (Å²) in [5, 5.41) is 15.3. The van der Waals surface area contributed by atoms with Gasteiger partial charge in [0.05, 0.1) is 36.8 Å². The zero-order chi connectivity index (χ0) is 23.1. The van der Waals surface area contributed by atoms with Gasteiger partial charge in [-0.2, -0.15) is 5.26 Å². The summed E-state index contributed by atoms with van der Waals surface area (Å²) in [6.45, 7) is -0.769. The molecule has 0 spiro atoms. The van der Waals surface area contributed by atoms with Crippen LogP contribution in [-0.2, 0) is 4.79 Å². The van der Waals surface area contributed by atoms with Gasteiger partial charge in [-0.25, -0.2) is 8.78 Å². The Balaban J connectivity index is 1.68. The van der Waals surface area contributed by atoms with Crippen LogP contribution in [-0.4, -0.2) is 59.9 Å². The number of hydrogen-bond acceptors (Lipinski definition) is 6. The maximum Gasteiger partial charge on any atom is 0.268 e. The molecular weight excluding hydrogens is 424 g/mol. The Hall–Kier alpha value is -3.97. The number of carbonyl (C=O) groups excluding carboxylic acids is 2. The lowest BCUT2D eigenvalue weighted by atomic mass is 10.1. The number of amides is 2. The zero-order valence-corrected chi connectivity index (χ0v) is 16.9. The maximum absolute atomic E-state index is 13.5. The molecule has 10 nitrogen and oxygen atoms in total. The lowest BCUT2D eigenvalue weighted by Crippen LogP contribution is -2.43. The number of hydrogen-bond donors (Lipinski definition) is 1. The van der Waals surface area contributed by atoms with Crippen LogP contribution in [0.3, 0.4) is 0 Å². The number of nitriles is 1. The smallest absolute Gasteiger partial charge is 0.268 e. The van der Waals surface area contributed by atoms with E-state index in [1.54, 1.807) is 24.3 Å². The Morgan fingerprint density at radius 3 is 3.00 bits per heavy atom. The van der Waals surface area contributed by atoms with Gasteiger partial charge in [0, 0.05) is 29.5 Å². The summed E-state index contributed by atoms with van der Waals surface area (Å²) >= 11 is 0. The highest BCUT2D eigenvalue weighted by Gasteiger charge is 2.47. The lowest BCUT2D eigenvalue weighted by molar-refractivity contribution is -0.131. The average Bonchev–Trinajstić information content (AvgIpc) is 3.11. The lowest BCUT2D eigenvalue weighted by Gasteiger charge is -2.19. The van der Waals surface area contributed by atoms with Crippen LogP contribution in [0.5, 0.6) is 5.75 Å². The largest absolute Gasteiger partial charge is 0.494 e. The van der Waals surface area contributed by atoms with E-state index < -0.39 is 43.3 Å². The molecule has 2 heterocycles. The number of nitrogens with zero attached hydrogens (tertiary/aromatic N) is 6. The summed E-state index contributed by atoms with van der Waals surface area (Å²) in [6, 6.07) is 6.91. The predicted octanol–water partition coefficient (Wildman–Crippen LogP) is 2.80. The molecule has 2 amide bonds. The minimum absolute atomic E-state index is 0.228. The molecule has 12 heteroatoms. The monoisotopic (exact) mass is 443 g/mol. The van der Waals surface area contributed by atoms with Gasteiger partial charge in [-0.1, -0.05) is 5.11 Å². The average molecular weight is 443 g/mol. The van der Waals surface area contributed by atoms with Crippen LogP contribution < -0.4 is 10.1 Å². The molecule has 1 aliphatic heterocycles. The number of rotatable bonds is 8. The van der Waals surface area contributed by atoms with Crippen molar-refractivity contribution < 1.29 is 23.1 Å². The molecule has 1 atom stereocenters. The van der Waals surface area contributed by atoms with E-state index in [4.69, 9.17) is 15.5 Å². The molecule has 166 valence electrons. The number of aromatic nitrogens is 1. The number of azide groups is 1. The Kier molecular flexibility index (Phi) is 7.02. The molecule has 1 aromatic heterocycles. The van der Waals surface area contributed by atoms with E-state index >= 15 is 0 Å². The summed E-state index contributed by atoms with van der Waals surface area (Å²) < 4.78 is 32.7. The van der Waals surface area contributed by atoms with Crippen molar-refractivity contribution in [2.75, 3.05) is 26.2 Å². The molecule has 1 fully saturated rings. The van der Waals surface area contributed by atoms with Gasteiger partial charge in [0.1, 0.15) is 11.8 Å². The molecule has 1 aliphatic rings. The highest BCUT2D eigenvalue weighted by molar-refractivity contribution is 6.07. The number of halogens is 2. The summed E-state index contributed by atoms with van der Waals surface area (Å²) in [5.74, 6) is -4.00. The predicted molar refractivity (Wildman–Crippen MR) is 109 cm³/mol. The molecule has 3 rings (SSSR count). The van der Waals surface area contributed by atoms with E-state index in [1.807, 2.05) is 0 Å². The third-order valence-electron chi connectivity index (χ3n) is 4.83. The molecule has 1 aromatic carbocycles. The fraction of sp³-hybridized carbons (Fsp3) is 0.400. The molecule has 1 unspecified atom stereocenters. The standard InChI is InChI=1S/C20H19F2N7O3/c21-20(22)9-13(10-23)29(12-20)18(30)11-26-19(31)15-4-6-25-17-3-2-14(8-16(15)17)32-7-1-5-27-28-24/h2-4,6,8,13H,1,5,7,9,11-12H2,(H,26,31). The normalized spacial score (nSPS) is 16.8. The number of fused-ring (bicyclic) bond motifs is 1. The summed E-state index contributed by atoms with van der Waals surface area (Å²) in [7, 11) is 0. The number of likely N-dealkylation sites (tertiary alicyclic amines) is 1. The first-order valence-corrected chi connectivity index (χ1v) is 9.72.